The molecule has 0 rings (SSSR count). The summed E-state index contributed by atoms with van der Waals surface area (Å²) in [4.78, 5) is 10.8. The fraction of sp³-hybridized carbons (Fsp3) is 0.533. The summed E-state index contributed by atoms with van der Waals surface area (Å²) in [7, 11) is 0. The lowest BCUT2D eigenvalue weighted by Crippen LogP contribution is -1.99. The Balaban J connectivity index is 4.00. The van der Waals surface area contributed by atoms with Crippen molar-refractivity contribution in [3.63, 3.8) is 0 Å². The number of carbonyl (C=O) groups is 1. The number of allylic oxidation sites excluding steroid dienone is 5. The average molecular weight is 236 g/mol. The standard InChI is InChI=1S/C15H24O2/c1-5-14(15(16)17)11-7-10-13(4)9-6-8-12(2)3/h5,8,10H,6-7,9,11H2,1-4H3,(H,16,17). The van der Waals surface area contributed by atoms with Crippen molar-refractivity contribution in [3.8, 4) is 0 Å². The zero-order chi connectivity index (χ0) is 13.3. The zero-order valence-electron chi connectivity index (χ0n) is 11.4. The molecule has 0 saturated heterocycles. The Labute approximate surface area is 105 Å². The van der Waals surface area contributed by atoms with E-state index in [0.29, 0.717) is 12.0 Å². The predicted molar refractivity (Wildman–Crippen MR) is 73.0 cm³/mol. The van der Waals surface area contributed by atoms with Crippen LogP contribution in [0.15, 0.2) is 34.9 Å². The summed E-state index contributed by atoms with van der Waals surface area (Å²) in [6, 6.07) is 0. The minimum Gasteiger partial charge on any atom is -0.478 e. The summed E-state index contributed by atoms with van der Waals surface area (Å²) in [6.07, 6.45) is 9.61. The van der Waals surface area contributed by atoms with Crippen molar-refractivity contribution in [3.05, 3.63) is 34.9 Å². The fourth-order valence-corrected chi connectivity index (χ4v) is 1.54. The Hall–Kier alpha value is -1.31. The van der Waals surface area contributed by atoms with Crippen LogP contribution < -0.4 is 0 Å². The van der Waals surface area contributed by atoms with Gasteiger partial charge in [-0.1, -0.05) is 29.4 Å². The van der Waals surface area contributed by atoms with E-state index in [1.165, 1.54) is 11.1 Å². The van der Waals surface area contributed by atoms with Crippen LogP contribution in [0, 0.1) is 0 Å². The van der Waals surface area contributed by atoms with Gasteiger partial charge in [0.05, 0.1) is 0 Å². The van der Waals surface area contributed by atoms with Crippen LogP contribution in [0.1, 0.15) is 53.4 Å². The smallest absolute Gasteiger partial charge is 0.331 e. The van der Waals surface area contributed by atoms with Crippen molar-refractivity contribution >= 4 is 5.97 Å². The molecule has 0 spiro atoms. The third kappa shape index (κ3) is 8.49. The van der Waals surface area contributed by atoms with E-state index in [1.54, 1.807) is 13.0 Å². The molecule has 2 heteroatoms. The summed E-state index contributed by atoms with van der Waals surface area (Å²) in [6.45, 7) is 8.08. The number of hydrogen-bond donors (Lipinski definition) is 1. The summed E-state index contributed by atoms with van der Waals surface area (Å²) >= 11 is 0. The topological polar surface area (TPSA) is 37.3 Å². The van der Waals surface area contributed by atoms with Crippen molar-refractivity contribution in [2.45, 2.75) is 53.4 Å². The maximum Gasteiger partial charge on any atom is 0.331 e. The molecule has 0 aliphatic carbocycles. The van der Waals surface area contributed by atoms with Gasteiger partial charge in [-0.3, -0.25) is 0 Å². The Morgan fingerprint density at radius 2 is 1.65 bits per heavy atom. The quantitative estimate of drug-likeness (QED) is 0.522. The van der Waals surface area contributed by atoms with E-state index < -0.39 is 5.97 Å². The van der Waals surface area contributed by atoms with E-state index in [2.05, 4.69) is 32.9 Å². The molecule has 0 unspecified atom stereocenters. The molecule has 0 heterocycles. The first-order chi connectivity index (χ1) is 7.97. The van der Waals surface area contributed by atoms with Crippen LogP contribution in [0.4, 0.5) is 0 Å². The van der Waals surface area contributed by atoms with Crippen molar-refractivity contribution in [1.82, 2.24) is 0 Å². The Morgan fingerprint density at radius 3 is 2.12 bits per heavy atom. The summed E-state index contributed by atoms with van der Waals surface area (Å²) in [5, 5.41) is 8.84. The van der Waals surface area contributed by atoms with Gasteiger partial charge in [-0.05, 0) is 53.4 Å². The Morgan fingerprint density at radius 1 is 1.06 bits per heavy atom. The molecule has 0 aromatic rings. The second kappa shape index (κ2) is 8.80. The molecule has 0 aliphatic heterocycles. The minimum absolute atomic E-state index is 0.498. The van der Waals surface area contributed by atoms with Gasteiger partial charge in [-0.15, -0.1) is 0 Å². The lowest BCUT2D eigenvalue weighted by Gasteiger charge is -2.01. The van der Waals surface area contributed by atoms with Crippen LogP contribution in [0.2, 0.25) is 0 Å². The van der Waals surface area contributed by atoms with E-state index in [1.807, 2.05) is 0 Å². The van der Waals surface area contributed by atoms with E-state index in [-0.39, 0.29) is 0 Å². The average Bonchev–Trinajstić information content (AvgIpc) is 2.23. The molecule has 0 aliphatic rings. The largest absolute Gasteiger partial charge is 0.478 e. The maximum absolute atomic E-state index is 10.8. The van der Waals surface area contributed by atoms with Gasteiger partial charge in [-0.25, -0.2) is 4.79 Å². The summed E-state index contributed by atoms with van der Waals surface area (Å²) in [5.41, 5.74) is 3.18. The highest BCUT2D eigenvalue weighted by atomic mass is 16.4. The normalized spacial score (nSPS) is 12.5. The highest BCUT2D eigenvalue weighted by Gasteiger charge is 2.03. The lowest BCUT2D eigenvalue weighted by atomic mass is 10.1. The van der Waals surface area contributed by atoms with Crippen LogP contribution in [-0.4, -0.2) is 11.1 Å². The SMILES string of the molecule is CC=C(CCC=C(C)CCC=C(C)C)C(=O)O. The Kier molecular flexibility index (Phi) is 8.12. The third-order valence-electron chi connectivity index (χ3n) is 2.62. The van der Waals surface area contributed by atoms with Crippen molar-refractivity contribution < 1.29 is 9.90 Å². The molecule has 17 heavy (non-hydrogen) atoms. The van der Waals surface area contributed by atoms with Gasteiger partial charge in [0, 0.05) is 5.57 Å². The highest BCUT2D eigenvalue weighted by Crippen LogP contribution is 2.11. The molecule has 96 valence electrons. The molecule has 0 bridgehead atoms. The van der Waals surface area contributed by atoms with E-state index in [0.717, 1.165) is 19.3 Å². The van der Waals surface area contributed by atoms with Gasteiger partial charge in [-0.2, -0.15) is 0 Å². The van der Waals surface area contributed by atoms with E-state index in [4.69, 9.17) is 5.11 Å². The first-order valence-corrected chi connectivity index (χ1v) is 6.14. The van der Waals surface area contributed by atoms with Gasteiger partial charge >= 0.3 is 5.97 Å². The zero-order valence-corrected chi connectivity index (χ0v) is 11.4. The second-order valence-corrected chi connectivity index (χ2v) is 4.53. The Bertz CT molecular complexity index is 329. The molecular weight excluding hydrogens is 212 g/mol. The van der Waals surface area contributed by atoms with Crippen LogP contribution in [0.3, 0.4) is 0 Å². The molecule has 0 atom stereocenters. The van der Waals surface area contributed by atoms with Gasteiger partial charge in [0.1, 0.15) is 0 Å². The van der Waals surface area contributed by atoms with Gasteiger partial charge in [0.2, 0.25) is 0 Å². The maximum atomic E-state index is 10.8. The molecule has 1 N–H and O–H groups in total. The van der Waals surface area contributed by atoms with Crippen molar-refractivity contribution in [2.24, 2.45) is 0 Å². The molecule has 0 aromatic heterocycles. The molecule has 0 radical (unpaired) electrons. The number of rotatable bonds is 7. The van der Waals surface area contributed by atoms with Crippen molar-refractivity contribution in [1.29, 1.82) is 0 Å². The monoisotopic (exact) mass is 236 g/mol. The first-order valence-electron chi connectivity index (χ1n) is 6.14. The molecule has 2 nitrogen and oxygen atoms in total. The molecule has 0 aromatic carbocycles. The van der Waals surface area contributed by atoms with Crippen LogP contribution in [0.5, 0.6) is 0 Å². The van der Waals surface area contributed by atoms with Crippen LogP contribution >= 0.6 is 0 Å². The van der Waals surface area contributed by atoms with Gasteiger partial charge in [0.25, 0.3) is 0 Å². The van der Waals surface area contributed by atoms with E-state index >= 15 is 0 Å². The molecule has 0 saturated carbocycles. The number of aliphatic carboxylic acids is 1. The number of hydrogen-bond acceptors (Lipinski definition) is 1. The van der Waals surface area contributed by atoms with Crippen molar-refractivity contribution in [2.75, 3.05) is 0 Å². The summed E-state index contributed by atoms with van der Waals surface area (Å²) in [5.74, 6) is -0.803. The highest BCUT2D eigenvalue weighted by molar-refractivity contribution is 5.86. The second-order valence-electron chi connectivity index (χ2n) is 4.53. The van der Waals surface area contributed by atoms with Gasteiger partial charge in [0.15, 0.2) is 0 Å². The fourth-order valence-electron chi connectivity index (χ4n) is 1.54. The molecule has 0 fully saturated rings. The van der Waals surface area contributed by atoms with Crippen LogP contribution in [-0.2, 0) is 4.79 Å². The third-order valence-corrected chi connectivity index (χ3v) is 2.62. The molecular formula is C15H24O2. The lowest BCUT2D eigenvalue weighted by molar-refractivity contribution is -0.132. The summed E-state index contributed by atoms with van der Waals surface area (Å²) < 4.78 is 0. The molecule has 0 amide bonds. The van der Waals surface area contributed by atoms with Crippen LogP contribution in [0.25, 0.3) is 0 Å². The van der Waals surface area contributed by atoms with E-state index in [9.17, 15) is 4.79 Å². The van der Waals surface area contributed by atoms with Gasteiger partial charge < -0.3 is 5.11 Å². The number of carboxylic acid groups (broad SMARTS) is 1. The predicted octanol–water partition coefficient (Wildman–Crippen LogP) is 4.49. The first kappa shape index (κ1) is 15.7. The number of carboxylic acids is 1. The minimum atomic E-state index is -0.803.